The van der Waals surface area contributed by atoms with Crippen LogP contribution in [0.3, 0.4) is 0 Å². The highest BCUT2D eigenvalue weighted by atomic mass is 15.3. The first kappa shape index (κ1) is 24.0. The molecule has 3 saturated heterocycles. The van der Waals surface area contributed by atoms with Crippen molar-refractivity contribution in [3.05, 3.63) is 71.8 Å². The second-order valence-corrected chi connectivity index (χ2v) is 11.1. The fourth-order valence-electron chi connectivity index (χ4n) is 7.50. The van der Waals surface area contributed by atoms with Gasteiger partial charge in [-0.25, -0.2) is 0 Å². The molecule has 6 rings (SSSR count). The van der Waals surface area contributed by atoms with E-state index in [2.05, 4.69) is 89.2 Å². The summed E-state index contributed by atoms with van der Waals surface area (Å²) in [5.74, 6) is 1.96. The molecular formula is C31H45N3. The van der Waals surface area contributed by atoms with Crippen LogP contribution in [-0.4, -0.2) is 72.6 Å². The van der Waals surface area contributed by atoms with Gasteiger partial charge in [0.05, 0.1) is 0 Å². The van der Waals surface area contributed by atoms with Crippen LogP contribution < -0.4 is 0 Å². The lowest BCUT2D eigenvalue weighted by molar-refractivity contribution is 0.00981. The lowest BCUT2D eigenvalue weighted by Crippen LogP contribution is -2.58. The minimum absolute atomic E-state index is 0.289. The van der Waals surface area contributed by atoms with Gasteiger partial charge in [0.25, 0.3) is 0 Å². The Balaban J connectivity index is 1.54. The van der Waals surface area contributed by atoms with Gasteiger partial charge < -0.3 is 4.90 Å². The number of fused-ring (bicyclic) bond motifs is 4. The van der Waals surface area contributed by atoms with Crippen LogP contribution in [0.2, 0.25) is 0 Å². The molecule has 3 heteroatoms. The van der Waals surface area contributed by atoms with Crippen molar-refractivity contribution in [2.45, 2.75) is 63.3 Å². The van der Waals surface area contributed by atoms with E-state index >= 15 is 0 Å². The summed E-state index contributed by atoms with van der Waals surface area (Å²) >= 11 is 0. The summed E-state index contributed by atoms with van der Waals surface area (Å²) in [5, 5.41) is 0. The molecule has 3 aliphatic heterocycles. The van der Waals surface area contributed by atoms with Crippen LogP contribution in [0, 0.1) is 5.92 Å². The molecule has 0 aromatic heterocycles. The molecule has 0 spiro atoms. The third kappa shape index (κ3) is 4.98. The minimum Gasteiger partial charge on any atom is -0.303 e. The molecule has 3 nitrogen and oxygen atoms in total. The first-order valence-electron chi connectivity index (χ1n) is 14.0. The SMILES string of the molecule is CCN(CC)CCN1CC2C(c3ccccc3)CC(N3CCCCC3)(CC2c2ccccc2)C1. The van der Waals surface area contributed by atoms with Gasteiger partial charge in [-0.3, -0.25) is 9.80 Å². The molecule has 2 unspecified atom stereocenters. The zero-order chi connectivity index (χ0) is 23.4. The number of likely N-dealkylation sites (N-methyl/N-ethyl adjacent to an activating group) is 1. The van der Waals surface area contributed by atoms with Crippen LogP contribution in [0.1, 0.15) is 68.9 Å². The van der Waals surface area contributed by atoms with Gasteiger partial charge >= 0.3 is 0 Å². The highest BCUT2D eigenvalue weighted by molar-refractivity contribution is 5.31. The van der Waals surface area contributed by atoms with Crippen molar-refractivity contribution in [2.75, 3.05) is 52.4 Å². The number of nitrogens with zero attached hydrogens (tertiary/aromatic N) is 3. The summed E-state index contributed by atoms with van der Waals surface area (Å²) in [4.78, 5) is 8.43. The topological polar surface area (TPSA) is 9.72 Å². The average molecular weight is 460 g/mol. The van der Waals surface area contributed by atoms with E-state index in [1.807, 2.05) is 0 Å². The van der Waals surface area contributed by atoms with Gasteiger partial charge in [0.2, 0.25) is 0 Å². The number of hydrogen-bond donors (Lipinski definition) is 0. The largest absolute Gasteiger partial charge is 0.303 e. The van der Waals surface area contributed by atoms with E-state index in [9.17, 15) is 0 Å². The van der Waals surface area contributed by atoms with Gasteiger partial charge in [0.15, 0.2) is 0 Å². The van der Waals surface area contributed by atoms with Gasteiger partial charge in [-0.2, -0.15) is 0 Å². The summed E-state index contributed by atoms with van der Waals surface area (Å²) in [6, 6.07) is 23.1. The van der Waals surface area contributed by atoms with Crippen LogP contribution in [0.5, 0.6) is 0 Å². The molecular weight excluding hydrogens is 414 g/mol. The second kappa shape index (κ2) is 10.9. The Hall–Kier alpha value is -1.68. The maximum absolute atomic E-state index is 2.95. The first-order chi connectivity index (χ1) is 16.7. The number of piperidine rings is 1. The molecule has 0 radical (unpaired) electrons. The van der Waals surface area contributed by atoms with Gasteiger partial charge in [0.1, 0.15) is 0 Å². The monoisotopic (exact) mass is 459 g/mol. The average Bonchev–Trinajstić information content (AvgIpc) is 3.18. The highest BCUT2D eigenvalue weighted by Gasteiger charge is 2.53. The Morgan fingerprint density at radius 3 is 1.88 bits per heavy atom. The Morgan fingerprint density at radius 1 is 0.794 bits per heavy atom. The quantitative estimate of drug-likeness (QED) is 0.490. The van der Waals surface area contributed by atoms with Crippen molar-refractivity contribution in [1.82, 2.24) is 14.7 Å². The van der Waals surface area contributed by atoms with Gasteiger partial charge in [-0.1, -0.05) is 80.9 Å². The molecule has 1 saturated carbocycles. The zero-order valence-corrected chi connectivity index (χ0v) is 21.5. The molecule has 2 aromatic rings. The van der Waals surface area contributed by atoms with Crippen molar-refractivity contribution in [3.63, 3.8) is 0 Å². The van der Waals surface area contributed by atoms with Crippen LogP contribution in [0.4, 0.5) is 0 Å². The molecule has 4 aliphatic rings. The minimum atomic E-state index is 0.289. The summed E-state index contributed by atoms with van der Waals surface area (Å²) < 4.78 is 0. The Labute approximate surface area is 208 Å². The van der Waals surface area contributed by atoms with Crippen molar-refractivity contribution in [3.8, 4) is 0 Å². The van der Waals surface area contributed by atoms with Gasteiger partial charge in [0, 0.05) is 31.7 Å². The lowest BCUT2D eigenvalue weighted by Gasteiger charge is -2.53. The molecule has 184 valence electrons. The third-order valence-corrected chi connectivity index (χ3v) is 9.33. The Morgan fingerprint density at radius 2 is 1.35 bits per heavy atom. The normalized spacial score (nSPS) is 30.5. The smallest absolute Gasteiger partial charge is 0.0348 e. The maximum atomic E-state index is 2.95. The lowest BCUT2D eigenvalue weighted by atomic mass is 9.61. The summed E-state index contributed by atoms with van der Waals surface area (Å²) in [7, 11) is 0. The van der Waals surface area contributed by atoms with E-state index in [0.29, 0.717) is 17.8 Å². The van der Waals surface area contributed by atoms with Crippen molar-refractivity contribution >= 4 is 0 Å². The zero-order valence-electron chi connectivity index (χ0n) is 21.5. The molecule has 0 amide bonds. The predicted octanol–water partition coefficient (Wildman–Crippen LogP) is 5.85. The van der Waals surface area contributed by atoms with Crippen molar-refractivity contribution < 1.29 is 0 Å². The van der Waals surface area contributed by atoms with E-state index in [1.165, 1.54) is 71.4 Å². The second-order valence-electron chi connectivity index (χ2n) is 11.1. The molecule has 3 heterocycles. The van der Waals surface area contributed by atoms with E-state index < -0.39 is 0 Å². The summed E-state index contributed by atoms with van der Waals surface area (Å²) in [6.07, 6.45) is 6.80. The Kier molecular flexibility index (Phi) is 7.73. The van der Waals surface area contributed by atoms with E-state index in [1.54, 1.807) is 11.1 Å². The molecule has 1 aliphatic carbocycles. The number of rotatable bonds is 8. The van der Waals surface area contributed by atoms with Crippen LogP contribution in [0.25, 0.3) is 0 Å². The van der Waals surface area contributed by atoms with E-state index in [4.69, 9.17) is 0 Å². The van der Waals surface area contributed by atoms with E-state index in [0.717, 1.165) is 13.1 Å². The van der Waals surface area contributed by atoms with E-state index in [-0.39, 0.29) is 5.54 Å². The van der Waals surface area contributed by atoms with Crippen molar-refractivity contribution in [2.24, 2.45) is 5.92 Å². The van der Waals surface area contributed by atoms with Gasteiger partial charge in [-0.05, 0) is 80.7 Å². The van der Waals surface area contributed by atoms with Crippen molar-refractivity contribution in [1.29, 1.82) is 0 Å². The van der Waals surface area contributed by atoms with Crippen LogP contribution in [0.15, 0.2) is 60.7 Å². The fourth-order valence-corrected chi connectivity index (χ4v) is 7.50. The van der Waals surface area contributed by atoms with Gasteiger partial charge in [-0.15, -0.1) is 0 Å². The molecule has 2 bridgehead atoms. The fraction of sp³-hybridized carbons (Fsp3) is 0.613. The molecule has 2 atom stereocenters. The number of hydrogen-bond acceptors (Lipinski definition) is 3. The first-order valence-corrected chi connectivity index (χ1v) is 14.0. The highest BCUT2D eigenvalue weighted by Crippen LogP contribution is 2.55. The molecule has 34 heavy (non-hydrogen) atoms. The summed E-state index contributed by atoms with van der Waals surface area (Å²) in [5.41, 5.74) is 3.43. The van der Waals surface area contributed by atoms with Crippen LogP contribution in [-0.2, 0) is 0 Å². The standard InChI is InChI=1S/C31H45N3/c1-3-32(4-2)20-21-33-24-30-28(26-14-8-5-9-15-26)22-31(25-33,34-18-12-7-13-19-34)23-29(30)27-16-10-6-11-17-27/h5-6,8-11,14-17,28-30H,3-4,7,12-13,18-25H2,1-2H3. The van der Waals surface area contributed by atoms with Crippen LogP contribution >= 0.6 is 0 Å². The maximum Gasteiger partial charge on any atom is 0.0348 e. The molecule has 0 N–H and O–H groups in total. The predicted molar refractivity (Wildman–Crippen MR) is 143 cm³/mol. The number of benzene rings is 2. The Bertz CT molecular complexity index is 823. The molecule has 4 fully saturated rings. The number of likely N-dealkylation sites (tertiary alicyclic amines) is 1. The summed E-state index contributed by atoms with van der Waals surface area (Å²) in [6.45, 7) is 14.4. The molecule has 2 aromatic carbocycles. The third-order valence-electron chi connectivity index (χ3n) is 9.33.